The topological polar surface area (TPSA) is 115 Å². The van der Waals surface area contributed by atoms with Crippen molar-refractivity contribution < 1.29 is 28.6 Å². The molecule has 0 aliphatic rings. The van der Waals surface area contributed by atoms with Crippen molar-refractivity contribution in [2.24, 2.45) is 0 Å². The zero-order valence-corrected chi connectivity index (χ0v) is 18.9. The van der Waals surface area contributed by atoms with Crippen molar-refractivity contribution in [3.8, 4) is 22.6 Å². The molecule has 0 bridgehead atoms. The Morgan fingerprint density at radius 2 is 1.69 bits per heavy atom. The first kappa shape index (κ1) is 23.6. The van der Waals surface area contributed by atoms with E-state index in [1.807, 2.05) is 18.2 Å². The van der Waals surface area contributed by atoms with E-state index < -0.39 is 30.2 Å². The monoisotopic (exact) mass is 473 g/mol. The van der Waals surface area contributed by atoms with Gasteiger partial charge < -0.3 is 24.3 Å². The molecule has 0 spiro atoms. The third kappa shape index (κ3) is 5.86. The highest BCUT2D eigenvalue weighted by Crippen LogP contribution is 2.30. The number of methoxy groups -OCH3 is 1. The van der Waals surface area contributed by atoms with Crippen LogP contribution in [-0.2, 0) is 16.0 Å². The number of fused-ring (bicyclic) bond motifs is 1. The van der Waals surface area contributed by atoms with Gasteiger partial charge in [-0.15, -0.1) is 0 Å². The van der Waals surface area contributed by atoms with Gasteiger partial charge in [-0.25, -0.2) is 9.59 Å². The normalized spacial score (nSPS) is 11.6. The molecule has 1 amide bonds. The first-order chi connectivity index (χ1) is 16.9. The van der Waals surface area contributed by atoms with E-state index >= 15 is 0 Å². The molecule has 1 heterocycles. The third-order valence-electron chi connectivity index (χ3n) is 5.40. The molecule has 4 aromatic rings. The lowest BCUT2D eigenvalue weighted by Gasteiger charge is -2.15. The minimum absolute atomic E-state index is 0.150. The van der Waals surface area contributed by atoms with Crippen LogP contribution in [0.15, 0.2) is 88.1 Å². The molecule has 8 heteroatoms. The van der Waals surface area contributed by atoms with E-state index in [1.165, 1.54) is 12.1 Å². The minimum Gasteiger partial charge on any atom is -0.497 e. The number of carbonyl (C=O) groups excluding carboxylic acids is 1. The van der Waals surface area contributed by atoms with Crippen LogP contribution in [0.2, 0.25) is 0 Å². The Hall–Kier alpha value is -4.59. The first-order valence-electron chi connectivity index (χ1n) is 10.8. The average Bonchev–Trinajstić information content (AvgIpc) is 2.87. The van der Waals surface area contributed by atoms with Crippen molar-refractivity contribution >= 4 is 22.8 Å². The number of hydrogen-bond donors (Lipinski definition) is 2. The van der Waals surface area contributed by atoms with Crippen molar-refractivity contribution in [1.82, 2.24) is 5.32 Å². The molecule has 8 nitrogen and oxygen atoms in total. The van der Waals surface area contributed by atoms with Gasteiger partial charge in [0.05, 0.1) is 7.11 Å². The van der Waals surface area contributed by atoms with E-state index in [2.05, 4.69) is 5.32 Å². The van der Waals surface area contributed by atoms with Crippen LogP contribution in [0.4, 0.5) is 0 Å². The molecule has 0 aliphatic heterocycles. The van der Waals surface area contributed by atoms with Gasteiger partial charge in [0.25, 0.3) is 5.91 Å². The largest absolute Gasteiger partial charge is 0.497 e. The highest BCUT2D eigenvalue weighted by Gasteiger charge is 2.20. The molecule has 0 unspecified atom stereocenters. The maximum Gasteiger partial charge on any atom is 0.336 e. The van der Waals surface area contributed by atoms with Gasteiger partial charge in [-0.05, 0) is 41.0 Å². The summed E-state index contributed by atoms with van der Waals surface area (Å²) in [6.07, 6.45) is 0.150. The second-order valence-electron chi connectivity index (χ2n) is 7.80. The van der Waals surface area contributed by atoms with Crippen LogP contribution >= 0.6 is 0 Å². The van der Waals surface area contributed by atoms with Crippen molar-refractivity contribution in [3.05, 3.63) is 94.8 Å². The lowest BCUT2D eigenvalue weighted by Crippen LogP contribution is -2.44. The number of nitrogens with one attached hydrogen (secondary N) is 1. The van der Waals surface area contributed by atoms with Crippen molar-refractivity contribution in [2.45, 2.75) is 12.5 Å². The summed E-state index contributed by atoms with van der Waals surface area (Å²) < 4.78 is 16.1. The Bertz CT molecular complexity index is 1390. The van der Waals surface area contributed by atoms with E-state index in [0.717, 1.165) is 11.1 Å². The van der Waals surface area contributed by atoms with Gasteiger partial charge in [0.15, 0.2) is 6.61 Å². The molecule has 35 heavy (non-hydrogen) atoms. The third-order valence-corrected chi connectivity index (χ3v) is 5.40. The lowest BCUT2D eigenvalue weighted by molar-refractivity contribution is -0.142. The van der Waals surface area contributed by atoms with Gasteiger partial charge in [-0.1, -0.05) is 42.5 Å². The van der Waals surface area contributed by atoms with E-state index in [0.29, 0.717) is 28.0 Å². The van der Waals surface area contributed by atoms with E-state index in [9.17, 15) is 19.5 Å². The highest BCUT2D eigenvalue weighted by atomic mass is 16.5. The summed E-state index contributed by atoms with van der Waals surface area (Å²) >= 11 is 0. The summed E-state index contributed by atoms with van der Waals surface area (Å²) in [6.45, 7) is -0.396. The number of rotatable bonds is 9. The zero-order valence-electron chi connectivity index (χ0n) is 18.9. The van der Waals surface area contributed by atoms with E-state index in [-0.39, 0.29) is 6.42 Å². The predicted molar refractivity (Wildman–Crippen MR) is 130 cm³/mol. The van der Waals surface area contributed by atoms with Gasteiger partial charge in [-0.3, -0.25) is 4.79 Å². The van der Waals surface area contributed by atoms with Crippen LogP contribution in [0.3, 0.4) is 0 Å². The van der Waals surface area contributed by atoms with Gasteiger partial charge in [0.1, 0.15) is 23.1 Å². The molecule has 4 rings (SSSR count). The number of benzene rings is 3. The molecular weight excluding hydrogens is 450 g/mol. The maximum atomic E-state index is 12.3. The van der Waals surface area contributed by atoms with Crippen LogP contribution in [-0.4, -0.2) is 36.7 Å². The van der Waals surface area contributed by atoms with E-state index in [1.54, 1.807) is 55.6 Å². The Morgan fingerprint density at radius 1 is 0.971 bits per heavy atom. The molecule has 0 saturated carbocycles. The van der Waals surface area contributed by atoms with E-state index in [4.69, 9.17) is 13.9 Å². The standard InChI is InChI=1S/C27H23NO7/c1-33-19-9-7-18(8-10-19)22-15-26(30)35-24-14-20(11-12-21(22)24)34-16-25(29)28-23(27(31)32)13-17-5-3-2-4-6-17/h2-12,14-15,23H,13,16H2,1H3,(H,28,29)(H,31,32)/t23-/m0/s1. The molecule has 0 fully saturated rings. The smallest absolute Gasteiger partial charge is 0.336 e. The Balaban J connectivity index is 1.47. The van der Waals surface area contributed by atoms with Gasteiger partial charge in [0.2, 0.25) is 0 Å². The number of carbonyl (C=O) groups is 2. The van der Waals surface area contributed by atoms with Crippen molar-refractivity contribution in [3.63, 3.8) is 0 Å². The summed E-state index contributed by atoms with van der Waals surface area (Å²) in [4.78, 5) is 36.1. The van der Waals surface area contributed by atoms with Crippen LogP contribution in [0.25, 0.3) is 22.1 Å². The summed E-state index contributed by atoms with van der Waals surface area (Å²) in [5.74, 6) is -0.718. The van der Waals surface area contributed by atoms with Crippen LogP contribution in [0.5, 0.6) is 11.5 Å². The van der Waals surface area contributed by atoms with Gasteiger partial charge in [-0.2, -0.15) is 0 Å². The molecule has 0 saturated heterocycles. The number of carboxylic acids is 1. The molecule has 178 valence electrons. The Labute approximate surface area is 200 Å². The number of amides is 1. The molecule has 0 aliphatic carbocycles. The number of ether oxygens (including phenoxy) is 2. The number of carboxylic acid groups (broad SMARTS) is 1. The van der Waals surface area contributed by atoms with Crippen LogP contribution in [0, 0.1) is 0 Å². The summed E-state index contributed by atoms with van der Waals surface area (Å²) in [7, 11) is 1.58. The summed E-state index contributed by atoms with van der Waals surface area (Å²) in [6, 6.07) is 21.5. The molecule has 2 N–H and O–H groups in total. The molecule has 1 atom stereocenters. The first-order valence-corrected chi connectivity index (χ1v) is 10.8. The second kappa shape index (κ2) is 10.6. The van der Waals surface area contributed by atoms with Crippen LogP contribution in [0.1, 0.15) is 5.56 Å². The fraction of sp³-hybridized carbons (Fsp3) is 0.148. The minimum atomic E-state index is -1.14. The second-order valence-corrected chi connectivity index (χ2v) is 7.80. The average molecular weight is 473 g/mol. The van der Waals surface area contributed by atoms with Crippen LogP contribution < -0.4 is 20.4 Å². The maximum absolute atomic E-state index is 12.3. The molecular formula is C27H23NO7. The highest BCUT2D eigenvalue weighted by molar-refractivity contribution is 5.94. The van der Waals surface area contributed by atoms with Crippen molar-refractivity contribution in [2.75, 3.05) is 13.7 Å². The van der Waals surface area contributed by atoms with Crippen molar-refractivity contribution in [1.29, 1.82) is 0 Å². The Morgan fingerprint density at radius 3 is 2.37 bits per heavy atom. The zero-order chi connectivity index (χ0) is 24.8. The summed E-state index contributed by atoms with van der Waals surface area (Å²) in [5, 5.41) is 12.6. The quantitative estimate of drug-likeness (QED) is 0.357. The fourth-order valence-electron chi connectivity index (χ4n) is 3.68. The molecule has 0 radical (unpaired) electrons. The fourth-order valence-corrected chi connectivity index (χ4v) is 3.68. The number of hydrogen-bond acceptors (Lipinski definition) is 6. The Kier molecular flexibility index (Phi) is 7.11. The lowest BCUT2D eigenvalue weighted by atomic mass is 10.0. The molecule has 3 aromatic carbocycles. The van der Waals surface area contributed by atoms with Gasteiger partial charge in [0, 0.05) is 23.9 Å². The SMILES string of the molecule is COc1ccc(-c2cc(=O)oc3cc(OCC(=O)N[C@@H](Cc4ccccc4)C(=O)O)ccc23)cc1. The summed E-state index contributed by atoms with van der Waals surface area (Å²) in [5.41, 5.74) is 2.07. The van der Waals surface area contributed by atoms with Gasteiger partial charge >= 0.3 is 11.6 Å². The predicted octanol–water partition coefficient (Wildman–Crippen LogP) is 3.66. The molecule has 1 aromatic heterocycles. The number of aliphatic carboxylic acids is 1.